The van der Waals surface area contributed by atoms with Crippen molar-refractivity contribution in [3.8, 4) is 0 Å². The van der Waals surface area contributed by atoms with Crippen molar-refractivity contribution in [3.63, 3.8) is 0 Å². The van der Waals surface area contributed by atoms with Gasteiger partial charge in [-0.2, -0.15) is 0 Å². The van der Waals surface area contributed by atoms with Crippen LogP contribution in [0, 0.1) is 5.92 Å². The SMILES string of the molecule is Cl.OC1CNCC1CNCc1cnc2cnccn12. The van der Waals surface area contributed by atoms with Crippen LogP contribution >= 0.6 is 12.4 Å². The summed E-state index contributed by atoms with van der Waals surface area (Å²) in [5.74, 6) is 0.297. The fraction of sp³-hybridized carbons (Fsp3) is 0.500. The van der Waals surface area contributed by atoms with E-state index in [0.717, 1.165) is 31.0 Å². The van der Waals surface area contributed by atoms with Gasteiger partial charge in [-0.05, 0) is 0 Å². The lowest BCUT2D eigenvalue weighted by Gasteiger charge is -2.13. The van der Waals surface area contributed by atoms with Crippen molar-refractivity contribution in [2.75, 3.05) is 19.6 Å². The number of hydrogen-bond donors (Lipinski definition) is 3. The van der Waals surface area contributed by atoms with Gasteiger partial charge in [-0.1, -0.05) is 0 Å². The Morgan fingerprint density at radius 1 is 1.42 bits per heavy atom. The summed E-state index contributed by atoms with van der Waals surface area (Å²) in [6.07, 6.45) is 7.03. The molecule has 6 nitrogen and oxygen atoms in total. The minimum atomic E-state index is -0.233. The molecule has 3 N–H and O–H groups in total. The van der Waals surface area contributed by atoms with Crippen LogP contribution in [-0.2, 0) is 6.54 Å². The topological polar surface area (TPSA) is 74.5 Å². The molecule has 0 aliphatic carbocycles. The van der Waals surface area contributed by atoms with Gasteiger partial charge in [0.05, 0.1) is 24.2 Å². The van der Waals surface area contributed by atoms with Crippen LogP contribution in [0.5, 0.6) is 0 Å². The average molecular weight is 284 g/mol. The maximum atomic E-state index is 9.69. The molecular formula is C12H18ClN5O. The molecule has 0 amide bonds. The highest BCUT2D eigenvalue weighted by atomic mass is 35.5. The highest BCUT2D eigenvalue weighted by Crippen LogP contribution is 2.08. The molecule has 2 aromatic rings. The second-order valence-corrected chi connectivity index (χ2v) is 4.67. The van der Waals surface area contributed by atoms with E-state index in [9.17, 15) is 5.11 Å². The molecule has 0 saturated carbocycles. The maximum absolute atomic E-state index is 9.69. The van der Waals surface area contributed by atoms with Crippen molar-refractivity contribution in [3.05, 3.63) is 30.5 Å². The van der Waals surface area contributed by atoms with Gasteiger partial charge in [0.15, 0.2) is 5.65 Å². The molecule has 104 valence electrons. The van der Waals surface area contributed by atoms with Gasteiger partial charge in [-0.3, -0.25) is 9.38 Å². The molecule has 1 aliphatic heterocycles. The zero-order valence-electron chi connectivity index (χ0n) is 10.5. The highest BCUT2D eigenvalue weighted by Gasteiger charge is 2.24. The van der Waals surface area contributed by atoms with Crippen molar-refractivity contribution in [1.29, 1.82) is 0 Å². The summed E-state index contributed by atoms with van der Waals surface area (Å²) >= 11 is 0. The molecule has 0 radical (unpaired) electrons. The number of rotatable bonds is 4. The molecule has 3 rings (SSSR count). The predicted octanol–water partition coefficient (Wildman–Crippen LogP) is -0.179. The molecule has 2 atom stereocenters. The van der Waals surface area contributed by atoms with Crippen LogP contribution in [0.4, 0.5) is 0 Å². The van der Waals surface area contributed by atoms with Gasteiger partial charge < -0.3 is 15.7 Å². The summed E-state index contributed by atoms with van der Waals surface area (Å²) in [4.78, 5) is 8.32. The molecule has 0 bridgehead atoms. The normalized spacial score (nSPS) is 22.6. The van der Waals surface area contributed by atoms with E-state index >= 15 is 0 Å². The number of fused-ring (bicyclic) bond motifs is 1. The molecule has 2 unspecified atom stereocenters. The Morgan fingerprint density at radius 2 is 2.32 bits per heavy atom. The summed E-state index contributed by atoms with van der Waals surface area (Å²) in [7, 11) is 0. The first kappa shape index (κ1) is 14.2. The fourth-order valence-corrected chi connectivity index (χ4v) is 2.34. The number of aliphatic hydroxyl groups excluding tert-OH is 1. The Hall–Kier alpha value is -1.21. The highest BCUT2D eigenvalue weighted by molar-refractivity contribution is 5.85. The summed E-state index contributed by atoms with van der Waals surface area (Å²) < 4.78 is 2.02. The summed E-state index contributed by atoms with van der Waals surface area (Å²) in [5, 5.41) is 16.2. The lowest BCUT2D eigenvalue weighted by molar-refractivity contribution is 0.146. The van der Waals surface area contributed by atoms with E-state index in [4.69, 9.17) is 0 Å². The van der Waals surface area contributed by atoms with E-state index in [0.29, 0.717) is 12.5 Å². The van der Waals surface area contributed by atoms with Gasteiger partial charge in [0.1, 0.15) is 0 Å². The van der Waals surface area contributed by atoms with E-state index in [2.05, 4.69) is 20.6 Å². The number of halogens is 1. The Labute approximate surface area is 117 Å². The lowest BCUT2D eigenvalue weighted by Crippen LogP contribution is -2.30. The van der Waals surface area contributed by atoms with Crippen molar-refractivity contribution in [1.82, 2.24) is 25.0 Å². The van der Waals surface area contributed by atoms with Crippen LogP contribution < -0.4 is 10.6 Å². The predicted molar refractivity (Wildman–Crippen MR) is 74.3 cm³/mol. The minimum Gasteiger partial charge on any atom is -0.391 e. The summed E-state index contributed by atoms with van der Waals surface area (Å²) in [5.41, 5.74) is 1.96. The molecule has 7 heteroatoms. The number of β-amino-alcohol motifs (C(OH)–C–C–N with tert-alkyl or cyclic N) is 1. The monoisotopic (exact) mass is 283 g/mol. The number of aromatic nitrogens is 3. The third-order valence-electron chi connectivity index (χ3n) is 3.41. The van der Waals surface area contributed by atoms with Crippen LogP contribution in [0.3, 0.4) is 0 Å². The minimum absolute atomic E-state index is 0. The van der Waals surface area contributed by atoms with Crippen LogP contribution in [0.2, 0.25) is 0 Å². The third-order valence-corrected chi connectivity index (χ3v) is 3.41. The standard InChI is InChI=1S/C12H17N5O.ClH/c18-11-7-15-4-9(11)3-14-5-10-6-16-12-8-13-1-2-17(10)12;/h1-2,6,8-9,11,14-15,18H,3-5,7H2;1H. The summed E-state index contributed by atoms with van der Waals surface area (Å²) in [6, 6.07) is 0. The van der Waals surface area contributed by atoms with E-state index in [1.807, 2.05) is 16.8 Å². The molecule has 19 heavy (non-hydrogen) atoms. The lowest BCUT2D eigenvalue weighted by atomic mass is 10.1. The number of aliphatic hydroxyl groups is 1. The summed E-state index contributed by atoms with van der Waals surface area (Å²) in [6.45, 7) is 3.14. The number of hydrogen-bond acceptors (Lipinski definition) is 5. The Morgan fingerprint density at radius 3 is 3.11 bits per heavy atom. The van der Waals surface area contributed by atoms with E-state index in [1.54, 1.807) is 12.4 Å². The number of nitrogens with one attached hydrogen (secondary N) is 2. The van der Waals surface area contributed by atoms with Gasteiger partial charge in [0, 0.05) is 44.5 Å². The van der Waals surface area contributed by atoms with Crippen LogP contribution in [-0.4, -0.2) is 45.2 Å². The van der Waals surface area contributed by atoms with Gasteiger partial charge >= 0.3 is 0 Å². The maximum Gasteiger partial charge on any atom is 0.155 e. The van der Waals surface area contributed by atoms with Crippen molar-refractivity contribution >= 4 is 18.1 Å². The first-order valence-electron chi connectivity index (χ1n) is 6.20. The fourth-order valence-electron chi connectivity index (χ4n) is 2.34. The Balaban J connectivity index is 0.00000133. The van der Waals surface area contributed by atoms with Gasteiger partial charge in [0.2, 0.25) is 0 Å². The third kappa shape index (κ3) is 3.03. The smallest absolute Gasteiger partial charge is 0.155 e. The molecule has 0 spiro atoms. The Kier molecular flexibility index (Phi) is 4.71. The second kappa shape index (κ2) is 6.29. The van der Waals surface area contributed by atoms with Crippen molar-refractivity contribution < 1.29 is 5.11 Å². The number of nitrogens with zero attached hydrogens (tertiary/aromatic N) is 3. The van der Waals surface area contributed by atoms with Gasteiger partial charge in [-0.15, -0.1) is 12.4 Å². The van der Waals surface area contributed by atoms with E-state index in [-0.39, 0.29) is 18.5 Å². The van der Waals surface area contributed by atoms with Crippen LogP contribution in [0.1, 0.15) is 5.69 Å². The van der Waals surface area contributed by atoms with E-state index < -0.39 is 0 Å². The Bertz CT molecular complexity index is 532. The van der Waals surface area contributed by atoms with E-state index in [1.165, 1.54) is 0 Å². The largest absolute Gasteiger partial charge is 0.391 e. The van der Waals surface area contributed by atoms with Crippen molar-refractivity contribution in [2.24, 2.45) is 5.92 Å². The molecule has 1 aliphatic rings. The molecule has 2 aromatic heterocycles. The average Bonchev–Trinajstić information content (AvgIpc) is 2.97. The second-order valence-electron chi connectivity index (χ2n) is 4.67. The molecule has 1 fully saturated rings. The molecule has 3 heterocycles. The van der Waals surface area contributed by atoms with Gasteiger partial charge in [-0.25, -0.2) is 4.98 Å². The first-order chi connectivity index (χ1) is 8.84. The molecular weight excluding hydrogens is 266 g/mol. The van der Waals surface area contributed by atoms with Gasteiger partial charge in [0.25, 0.3) is 0 Å². The first-order valence-corrected chi connectivity index (χ1v) is 6.20. The molecule has 0 aromatic carbocycles. The van der Waals surface area contributed by atoms with Crippen molar-refractivity contribution in [2.45, 2.75) is 12.6 Å². The molecule has 1 saturated heterocycles. The van der Waals surface area contributed by atoms with Crippen LogP contribution in [0.25, 0.3) is 5.65 Å². The quantitative estimate of drug-likeness (QED) is 0.726. The zero-order valence-corrected chi connectivity index (χ0v) is 11.3. The van der Waals surface area contributed by atoms with Crippen LogP contribution in [0.15, 0.2) is 24.8 Å². The number of imidazole rings is 1. The zero-order chi connectivity index (χ0) is 12.4.